The van der Waals surface area contributed by atoms with E-state index >= 15 is 0 Å². The van der Waals surface area contributed by atoms with Crippen molar-refractivity contribution < 1.29 is 4.79 Å². The van der Waals surface area contributed by atoms with E-state index in [0.29, 0.717) is 0 Å². The van der Waals surface area contributed by atoms with Gasteiger partial charge in [0.05, 0.1) is 22.1 Å². The van der Waals surface area contributed by atoms with Crippen LogP contribution in [0.25, 0.3) is 0 Å². The van der Waals surface area contributed by atoms with E-state index in [1.54, 1.807) is 0 Å². The summed E-state index contributed by atoms with van der Waals surface area (Å²) in [5, 5.41) is 3.05. The Balaban J connectivity index is 3.02. The molecule has 0 bridgehead atoms. The second-order valence-corrected chi connectivity index (χ2v) is 16.9. The predicted octanol–water partition coefficient (Wildman–Crippen LogP) is 3.59. The van der Waals surface area contributed by atoms with Crippen LogP contribution in [0.3, 0.4) is 0 Å². The van der Waals surface area contributed by atoms with Crippen molar-refractivity contribution in [3.05, 3.63) is 10.4 Å². The van der Waals surface area contributed by atoms with Gasteiger partial charge in [-0.3, -0.25) is 4.79 Å². The highest BCUT2D eigenvalue weighted by Crippen LogP contribution is 2.51. The molecule has 0 N–H and O–H groups in total. The molecular formula is C10H19BrOSi2. The Labute approximate surface area is 97.1 Å². The molecule has 80 valence electrons. The first-order chi connectivity index (χ1) is 6.07. The number of allylic oxidation sites excluding steroid dienone is 2. The van der Waals surface area contributed by atoms with Crippen LogP contribution in [0.4, 0.5) is 0 Å². The van der Waals surface area contributed by atoms with Crippen molar-refractivity contribution in [3.8, 4) is 0 Å². The van der Waals surface area contributed by atoms with Gasteiger partial charge in [0, 0.05) is 0 Å². The zero-order valence-corrected chi connectivity index (χ0v) is 13.4. The molecule has 1 aliphatic carbocycles. The lowest BCUT2D eigenvalue weighted by Gasteiger charge is -2.12. The fourth-order valence-electron chi connectivity index (χ4n) is 2.12. The fourth-order valence-corrected chi connectivity index (χ4v) is 9.44. The summed E-state index contributed by atoms with van der Waals surface area (Å²) in [5.41, 5.74) is 0. The Kier molecular flexibility index (Phi) is 3.03. The topological polar surface area (TPSA) is 17.1 Å². The average molecular weight is 291 g/mol. The van der Waals surface area contributed by atoms with E-state index in [0.717, 1.165) is 0 Å². The highest BCUT2D eigenvalue weighted by Gasteiger charge is 2.51. The van der Waals surface area contributed by atoms with Crippen LogP contribution < -0.4 is 0 Å². The number of halogens is 1. The first-order valence-electron chi connectivity index (χ1n) is 5.01. The molecule has 0 atom stereocenters. The molecule has 0 fully saturated rings. The van der Waals surface area contributed by atoms with Crippen LogP contribution in [0.5, 0.6) is 0 Å². The van der Waals surface area contributed by atoms with E-state index in [1.807, 2.05) is 0 Å². The molecule has 0 amide bonds. The molecule has 4 heteroatoms. The molecule has 0 aliphatic heterocycles. The van der Waals surface area contributed by atoms with Gasteiger partial charge in [0.25, 0.3) is 0 Å². The number of hydrogen-bond donors (Lipinski definition) is 0. The van der Waals surface area contributed by atoms with Crippen molar-refractivity contribution in [1.82, 2.24) is 0 Å². The van der Waals surface area contributed by atoms with E-state index in [4.69, 9.17) is 0 Å². The van der Waals surface area contributed by atoms with Gasteiger partial charge in [-0.15, -0.1) is 0 Å². The second-order valence-electron chi connectivity index (χ2n) is 6.06. The van der Waals surface area contributed by atoms with Crippen molar-refractivity contribution >= 4 is 36.8 Å². The maximum absolute atomic E-state index is 11.4. The average Bonchev–Trinajstić information content (AvgIpc) is 2.54. The summed E-state index contributed by atoms with van der Waals surface area (Å²) in [4.78, 5) is 11.4. The molecule has 0 unspecified atom stereocenters. The summed E-state index contributed by atoms with van der Waals surface area (Å²) in [6.45, 7) is 14.0. The molecule has 0 spiro atoms. The lowest BCUT2D eigenvalue weighted by molar-refractivity contribution is -0.110. The molecule has 1 aliphatic rings. The van der Waals surface area contributed by atoms with Crippen molar-refractivity contribution in [2.45, 2.75) is 39.3 Å². The first kappa shape index (κ1) is 12.4. The van der Waals surface area contributed by atoms with Gasteiger partial charge in [0.15, 0.2) is 0 Å². The Morgan fingerprint density at radius 2 is 1.29 bits per heavy atom. The van der Waals surface area contributed by atoms with Gasteiger partial charge in [0.1, 0.15) is 0 Å². The van der Waals surface area contributed by atoms with Gasteiger partial charge in [0.2, 0.25) is 4.69 Å². The summed E-state index contributed by atoms with van der Waals surface area (Å²) in [7, 11) is -2.52. The number of carbonyl (C=O) groups is 1. The van der Waals surface area contributed by atoms with Crippen LogP contribution in [0.1, 0.15) is 0 Å². The molecule has 0 heterocycles. The van der Waals surface area contributed by atoms with Gasteiger partial charge < -0.3 is 0 Å². The monoisotopic (exact) mass is 290 g/mol. The zero-order valence-electron chi connectivity index (χ0n) is 9.86. The standard InChI is InChI=1S/C10H19BrOSi2/c1-13(2,3)8-7(10(11)12)9(8)14(4,5)6/h7H,1-6H3. The highest BCUT2D eigenvalue weighted by molar-refractivity contribution is 9.18. The van der Waals surface area contributed by atoms with Gasteiger partial charge in [-0.25, -0.2) is 0 Å². The minimum atomic E-state index is -1.26. The van der Waals surface area contributed by atoms with Crippen LogP contribution in [-0.4, -0.2) is 20.8 Å². The normalized spacial score (nSPS) is 18.8. The molecule has 0 aromatic carbocycles. The van der Waals surface area contributed by atoms with E-state index in [2.05, 4.69) is 55.2 Å². The quantitative estimate of drug-likeness (QED) is 0.573. The molecule has 0 saturated heterocycles. The second kappa shape index (κ2) is 3.42. The third kappa shape index (κ3) is 2.28. The molecule has 0 saturated carbocycles. The molecule has 0 radical (unpaired) electrons. The fraction of sp³-hybridized carbons (Fsp3) is 0.700. The summed E-state index contributed by atoms with van der Waals surface area (Å²) < 4.78 is 0.187. The van der Waals surface area contributed by atoms with Crippen molar-refractivity contribution in [2.24, 2.45) is 5.92 Å². The Hall–Kier alpha value is 0.324. The lowest BCUT2D eigenvalue weighted by Crippen LogP contribution is -2.21. The predicted molar refractivity (Wildman–Crippen MR) is 71.1 cm³/mol. The number of hydrogen-bond acceptors (Lipinski definition) is 1. The molecule has 14 heavy (non-hydrogen) atoms. The van der Waals surface area contributed by atoms with Gasteiger partial charge in [-0.05, 0) is 15.9 Å². The van der Waals surface area contributed by atoms with Crippen LogP contribution in [0, 0.1) is 5.92 Å². The first-order valence-corrected chi connectivity index (χ1v) is 12.8. The summed E-state index contributed by atoms with van der Waals surface area (Å²) in [6, 6.07) is 0. The van der Waals surface area contributed by atoms with Crippen LogP contribution in [0.2, 0.25) is 39.3 Å². The van der Waals surface area contributed by atoms with Crippen molar-refractivity contribution in [3.63, 3.8) is 0 Å². The molecule has 0 aromatic heterocycles. The third-order valence-electron chi connectivity index (χ3n) is 2.63. The smallest absolute Gasteiger partial charge is 0.208 e. The van der Waals surface area contributed by atoms with E-state index in [9.17, 15) is 4.79 Å². The molecule has 1 rings (SSSR count). The molecule has 0 aromatic rings. The van der Waals surface area contributed by atoms with E-state index in [-0.39, 0.29) is 10.6 Å². The maximum atomic E-state index is 11.4. The maximum Gasteiger partial charge on any atom is 0.208 e. The van der Waals surface area contributed by atoms with Crippen LogP contribution >= 0.6 is 15.9 Å². The Morgan fingerprint density at radius 1 is 1.00 bits per heavy atom. The summed E-state index contributed by atoms with van der Waals surface area (Å²) in [5.74, 6) is 0.188. The Bertz CT molecular complexity index is 283. The Morgan fingerprint density at radius 3 is 1.36 bits per heavy atom. The minimum Gasteiger partial charge on any atom is -0.286 e. The SMILES string of the molecule is C[Si](C)(C)C1=C([Si](C)(C)C)C1C(=O)Br. The van der Waals surface area contributed by atoms with Gasteiger partial charge in [-0.1, -0.05) is 49.7 Å². The zero-order chi connectivity index (χ0) is 11.3. The lowest BCUT2D eigenvalue weighted by atomic mass is 10.4. The van der Waals surface area contributed by atoms with Crippen LogP contribution in [0.15, 0.2) is 10.4 Å². The number of rotatable bonds is 3. The largest absolute Gasteiger partial charge is 0.286 e. The number of carbonyl (C=O) groups excluding carboxylic acids is 1. The van der Waals surface area contributed by atoms with Crippen LogP contribution in [-0.2, 0) is 4.79 Å². The van der Waals surface area contributed by atoms with Gasteiger partial charge >= 0.3 is 0 Å². The van der Waals surface area contributed by atoms with Crippen molar-refractivity contribution in [1.29, 1.82) is 0 Å². The van der Waals surface area contributed by atoms with E-state index < -0.39 is 16.1 Å². The minimum absolute atomic E-state index is 0.187. The third-order valence-corrected chi connectivity index (χ3v) is 7.68. The van der Waals surface area contributed by atoms with Crippen molar-refractivity contribution in [2.75, 3.05) is 0 Å². The summed E-state index contributed by atoms with van der Waals surface area (Å²) in [6.07, 6.45) is 0. The van der Waals surface area contributed by atoms with Gasteiger partial charge in [-0.2, -0.15) is 0 Å². The summed E-state index contributed by atoms with van der Waals surface area (Å²) >= 11 is 3.13. The highest BCUT2D eigenvalue weighted by atomic mass is 79.9. The molecular weight excluding hydrogens is 272 g/mol. The molecule has 1 nitrogen and oxygen atoms in total. The van der Waals surface area contributed by atoms with E-state index in [1.165, 1.54) is 10.4 Å².